The van der Waals surface area contributed by atoms with Gasteiger partial charge in [0.2, 0.25) is 0 Å². The van der Waals surface area contributed by atoms with Gasteiger partial charge in [0.1, 0.15) is 0 Å². The monoisotopic (exact) mass is 208 g/mol. The molecule has 0 bridgehead atoms. The molecular weight excluding hydrogens is 188 g/mol. The molecule has 0 aromatic heterocycles. The van der Waals surface area contributed by atoms with Crippen LogP contribution in [0.2, 0.25) is 0 Å². The molecule has 1 atom stereocenters. The minimum Gasteiger partial charge on any atom is -0.199 e. The fraction of sp³-hybridized carbons (Fsp3) is 1.00. The Morgan fingerprint density at radius 3 is 2.00 bits per heavy atom. The normalized spacial score (nSPS) is 14.8. The third-order valence-corrected chi connectivity index (χ3v) is 3.90. The van der Waals surface area contributed by atoms with Crippen LogP contribution in [0.25, 0.3) is 0 Å². The van der Waals surface area contributed by atoms with Crippen molar-refractivity contribution >= 4 is 10.2 Å². The maximum atomic E-state index is 11.6. The standard InChI is InChI=1S/C8H20N2O2S/c1-5-8(4)9-13(11,12)10(6-2)7-3/h8-9H,5-7H2,1-4H3. The Balaban J connectivity index is 4.38. The van der Waals surface area contributed by atoms with E-state index >= 15 is 0 Å². The van der Waals surface area contributed by atoms with Gasteiger partial charge in [0.05, 0.1) is 0 Å². The summed E-state index contributed by atoms with van der Waals surface area (Å²) < 4.78 is 27.2. The minimum absolute atomic E-state index is 0.00519. The van der Waals surface area contributed by atoms with Gasteiger partial charge in [0, 0.05) is 19.1 Å². The Labute approximate surface area is 81.5 Å². The van der Waals surface area contributed by atoms with Crippen LogP contribution in [0.4, 0.5) is 0 Å². The van der Waals surface area contributed by atoms with Crippen molar-refractivity contribution in [2.45, 2.75) is 40.2 Å². The summed E-state index contributed by atoms with van der Waals surface area (Å²) in [5.74, 6) is 0. The summed E-state index contributed by atoms with van der Waals surface area (Å²) in [5, 5.41) is 0. The summed E-state index contributed by atoms with van der Waals surface area (Å²) >= 11 is 0. The average Bonchev–Trinajstić information content (AvgIpc) is 2.05. The van der Waals surface area contributed by atoms with E-state index in [2.05, 4.69) is 4.72 Å². The van der Waals surface area contributed by atoms with Gasteiger partial charge in [0.25, 0.3) is 10.2 Å². The zero-order valence-corrected chi connectivity index (χ0v) is 9.69. The highest BCUT2D eigenvalue weighted by Crippen LogP contribution is 1.99. The fourth-order valence-corrected chi connectivity index (χ4v) is 2.48. The fourth-order valence-electron chi connectivity index (χ4n) is 0.976. The van der Waals surface area contributed by atoms with Crippen molar-refractivity contribution in [1.82, 2.24) is 9.03 Å². The van der Waals surface area contributed by atoms with Crippen LogP contribution in [0.1, 0.15) is 34.1 Å². The Morgan fingerprint density at radius 1 is 1.23 bits per heavy atom. The molecule has 0 amide bonds. The summed E-state index contributed by atoms with van der Waals surface area (Å²) in [6.45, 7) is 8.51. The van der Waals surface area contributed by atoms with Gasteiger partial charge in [-0.2, -0.15) is 17.4 Å². The van der Waals surface area contributed by atoms with Crippen molar-refractivity contribution in [2.75, 3.05) is 13.1 Å². The molecule has 0 aliphatic rings. The van der Waals surface area contributed by atoms with E-state index in [0.717, 1.165) is 6.42 Å². The lowest BCUT2D eigenvalue weighted by Crippen LogP contribution is -2.44. The van der Waals surface area contributed by atoms with Gasteiger partial charge >= 0.3 is 0 Å². The summed E-state index contributed by atoms with van der Waals surface area (Å²) in [6, 6.07) is 0.00519. The molecule has 0 aliphatic heterocycles. The molecule has 13 heavy (non-hydrogen) atoms. The van der Waals surface area contributed by atoms with Crippen LogP contribution in [-0.4, -0.2) is 31.9 Å². The van der Waals surface area contributed by atoms with E-state index < -0.39 is 10.2 Å². The smallest absolute Gasteiger partial charge is 0.199 e. The number of nitrogens with zero attached hydrogens (tertiary/aromatic N) is 1. The highest BCUT2D eigenvalue weighted by molar-refractivity contribution is 7.87. The highest BCUT2D eigenvalue weighted by atomic mass is 32.2. The lowest BCUT2D eigenvalue weighted by atomic mass is 10.3. The highest BCUT2D eigenvalue weighted by Gasteiger charge is 2.19. The first kappa shape index (κ1) is 12.9. The summed E-state index contributed by atoms with van der Waals surface area (Å²) in [4.78, 5) is 0. The molecule has 0 aromatic carbocycles. The maximum Gasteiger partial charge on any atom is 0.279 e. The first-order valence-electron chi connectivity index (χ1n) is 4.75. The van der Waals surface area contributed by atoms with Crippen molar-refractivity contribution in [3.05, 3.63) is 0 Å². The topological polar surface area (TPSA) is 49.4 Å². The van der Waals surface area contributed by atoms with Crippen molar-refractivity contribution in [1.29, 1.82) is 0 Å². The third-order valence-electron chi connectivity index (χ3n) is 2.01. The molecule has 1 unspecified atom stereocenters. The van der Waals surface area contributed by atoms with Gasteiger partial charge in [-0.25, -0.2) is 0 Å². The van der Waals surface area contributed by atoms with Crippen LogP contribution in [0, 0.1) is 0 Å². The Morgan fingerprint density at radius 2 is 1.69 bits per heavy atom. The van der Waals surface area contributed by atoms with E-state index in [9.17, 15) is 8.42 Å². The van der Waals surface area contributed by atoms with Crippen molar-refractivity contribution in [2.24, 2.45) is 0 Å². The second-order valence-corrected chi connectivity index (χ2v) is 4.72. The van der Waals surface area contributed by atoms with Crippen LogP contribution in [0.15, 0.2) is 0 Å². The number of rotatable bonds is 6. The number of nitrogens with one attached hydrogen (secondary N) is 1. The Kier molecular flexibility index (Phi) is 5.51. The quantitative estimate of drug-likeness (QED) is 0.707. The number of hydrogen-bond acceptors (Lipinski definition) is 2. The molecule has 0 aliphatic carbocycles. The largest absolute Gasteiger partial charge is 0.279 e. The summed E-state index contributed by atoms with van der Waals surface area (Å²) in [5.41, 5.74) is 0. The van der Waals surface area contributed by atoms with Crippen LogP contribution in [0.3, 0.4) is 0 Å². The molecule has 0 aromatic rings. The Bertz CT molecular complexity index is 222. The maximum absolute atomic E-state index is 11.6. The molecule has 1 N–H and O–H groups in total. The molecule has 0 radical (unpaired) electrons. The number of hydrogen-bond donors (Lipinski definition) is 1. The summed E-state index contributed by atoms with van der Waals surface area (Å²) in [7, 11) is -3.25. The second kappa shape index (κ2) is 5.57. The lowest BCUT2D eigenvalue weighted by Gasteiger charge is -2.21. The molecule has 5 heteroatoms. The van der Waals surface area contributed by atoms with E-state index in [4.69, 9.17) is 0 Å². The molecule has 0 saturated carbocycles. The van der Waals surface area contributed by atoms with Gasteiger partial charge in [-0.05, 0) is 13.3 Å². The van der Waals surface area contributed by atoms with E-state index in [1.54, 1.807) is 0 Å². The van der Waals surface area contributed by atoms with E-state index in [1.807, 2.05) is 27.7 Å². The third kappa shape index (κ3) is 4.06. The van der Waals surface area contributed by atoms with Gasteiger partial charge in [-0.1, -0.05) is 20.8 Å². The van der Waals surface area contributed by atoms with Crippen LogP contribution in [-0.2, 0) is 10.2 Å². The van der Waals surface area contributed by atoms with Crippen molar-refractivity contribution < 1.29 is 8.42 Å². The molecule has 0 heterocycles. The average molecular weight is 208 g/mol. The lowest BCUT2D eigenvalue weighted by molar-refractivity contribution is 0.426. The second-order valence-electron chi connectivity index (χ2n) is 3.02. The molecular formula is C8H20N2O2S. The van der Waals surface area contributed by atoms with E-state index in [0.29, 0.717) is 13.1 Å². The first-order chi connectivity index (χ1) is 5.97. The van der Waals surface area contributed by atoms with E-state index in [1.165, 1.54) is 4.31 Å². The van der Waals surface area contributed by atoms with Crippen molar-refractivity contribution in [3.8, 4) is 0 Å². The van der Waals surface area contributed by atoms with Crippen LogP contribution in [0.5, 0.6) is 0 Å². The molecule has 0 rings (SSSR count). The zero-order valence-electron chi connectivity index (χ0n) is 8.87. The van der Waals surface area contributed by atoms with Gasteiger partial charge in [-0.15, -0.1) is 0 Å². The van der Waals surface area contributed by atoms with Crippen LogP contribution < -0.4 is 4.72 Å². The van der Waals surface area contributed by atoms with Gasteiger partial charge < -0.3 is 0 Å². The Hall–Kier alpha value is -0.130. The zero-order chi connectivity index (χ0) is 10.5. The summed E-state index contributed by atoms with van der Waals surface area (Å²) in [6.07, 6.45) is 0.806. The minimum atomic E-state index is -3.25. The van der Waals surface area contributed by atoms with Crippen molar-refractivity contribution in [3.63, 3.8) is 0 Å². The van der Waals surface area contributed by atoms with Gasteiger partial charge in [0.15, 0.2) is 0 Å². The molecule has 4 nitrogen and oxygen atoms in total. The predicted molar refractivity (Wildman–Crippen MR) is 54.7 cm³/mol. The molecule has 0 saturated heterocycles. The molecule has 80 valence electrons. The first-order valence-corrected chi connectivity index (χ1v) is 6.19. The molecule has 0 fully saturated rings. The van der Waals surface area contributed by atoms with Gasteiger partial charge in [-0.3, -0.25) is 0 Å². The van der Waals surface area contributed by atoms with E-state index in [-0.39, 0.29) is 6.04 Å². The SMILES string of the molecule is CCC(C)NS(=O)(=O)N(CC)CC. The van der Waals surface area contributed by atoms with Crippen LogP contribution >= 0.6 is 0 Å². The predicted octanol–water partition coefficient (Wildman–Crippen LogP) is 0.961. The molecule has 0 spiro atoms.